The summed E-state index contributed by atoms with van der Waals surface area (Å²) in [5.41, 5.74) is 5.64. The molecule has 0 radical (unpaired) electrons. The molecule has 1 aliphatic rings. The molecule has 1 heterocycles. The van der Waals surface area contributed by atoms with E-state index in [4.69, 9.17) is 4.98 Å². The summed E-state index contributed by atoms with van der Waals surface area (Å²) in [7, 11) is 0. The van der Waals surface area contributed by atoms with Crippen LogP contribution in [0.3, 0.4) is 0 Å². The van der Waals surface area contributed by atoms with E-state index in [0.29, 0.717) is 22.5 Å². The molecule has 2 N–H and O–H groups in total. The first-order chi connectivity index (χ1) is 13.6. The van der Waals surface area contributed by atoms with Gasteiger partial charge in [0.2, 0.25) is 0 Å². The first-order valence-corrected chi connectivity index (χ1v) is 8.90. The van der Waals surface area contributed by atoms with Gasteiger partial charge < -0.3 is 10.2 Å². The largest absolute Gasteiger partial charge is 0.508 e. The number of hydrogen-bond acceptors (Lipinski definition) is 4. The number of hydrogen-bond donors (Lipinski definition) is 2. The van der Waals surface area contributed by atoms with E-state index in [2.05, 4.69) is 0 Å². The highest BCUT2D eigenvalue weighted by Crippen LogP contribution is 2.42. The van der Waals surface area contributed by atoms with Gasteiger partial charge in [-0.2, -0.15) is 0 Å². The molecule has 0 bridgehead atoms. The second-order valence-electron chi connectivity index (χ2n) is 6.75. The monoisotopic (exact) mass is 365 g/mol. The molecule has 1 aliphatic carbocycles. The fourth-order valence-corrected chi connectivity index (χ4v) is 3.67. The fraction of sp³-hybridized carbons (Fsp3) is 0. The number of carbonyl (C=O) groups is 1. The van der Waals surface area contributed by atoms with Gasteiger partial charge in [-0.15, -0.1) is 0 Å². The lowest BCUT2D eigenvalue weighted by Gasteiger charge is -2.12. The number of nitrogens with zero attached hydrogens (tertiary/aromatic N) is 1. The maximum absolute atomic E-state index is 13.1. The summed E-state index contributed by atoms with van der Waals surface area (Å²) in [6, 6.07) is 23.0. The number of carbonyl (C=O) groups excluding carboxylic acids is 1. The molecule has 4 nitrogen and oxygen atoms in total. The maximum Gasteiger partial charge on any atom is 0.196 e. The number of fused-ring (bicyclic) bond motifs is 3. The van der Waals surface area contributed by atoms with E-state index in [0.717, 1.165) is 22.3 Å². The SMILES string of the molecule is O=C1c2ccccc2-c2nc(-c3ccc(O)cc3)cc(-c3cccc(O)c3)c21. The predicted octanol–water partition coefficient (Wildman–Crippen LogP) is 5.04. The number of rotatable bonds is 2. The van der Waals surface area contributed by atoms with E-state index >= 15 is 0 Å². The Morgan fingerprint density at radius 2 is 1.39 bits per heavy atom. The van der Waals surface area contributed by atoms with Crippen molar-refractivity contribution in [2.75, 3.05) is 0 Å². The van der Waals surface area contributed by atoms with Crippen LogP contribution in [0.4, 0.5) is 0 Å². The second kappa shape index (κ2) is 6.06. The summed E-state index contributed by atoms with van der Waals surface area (Å²) >= 11 is 0. The molecule has 0 spiro atoms. The van der Waals surface area contributed by atoms with Gasteiger partial charge in [0.25, 0.3) is 0 Å². The molecule has 3 aromatic carbocycles. The van der Waals surface area contributed by atoms with Crippen molar-refractivity contribution in [2.45, 2.75) is 0 Å². The Labute approximate surface area is 161 Å². The van der Waals surface area contributed by atoms with E-state index in [9.17, 15) is 15.0 Å². The number of aromatic nitrogens is 1. The second-order valence-corrected chi connectivity index (χ2v) is 6.75. The highest BCUT2D eigenvalue weighted by atomic mass is 16.3. The van der Waals surface area contributed by atoms with Crippen LogP contribution in [0.2, 0.25) is 0 Å². The number of benzene rings is 3. The van der Waals surface area contributed by atoms with E-state index in [1.54, 1.807) is 42.5 Å². The van der Waals surface area contributed by atoms with Crippen molar-refractivity contribution in [3.05, 3.63) is 90.0 Å². The van der Waals surface area contributed by atoms with Gasteiger partial charge in [-0.05, 0) is 53.6 Å². The molecule has 0 aliphatic heterocycles. The van der Waals surface area contributed by atoms with E-state index < -0.39 is 0 Å². The Balaban J connectivity index is 1.83. The smallest absolute Gasteiger partial charge is 0.196 e. The molecule has 28 heavy (non-hydrogen) atoms. The topological polar surface area (TPSA) is 70.4 Å². The minimum atomic E-state index is -0.0614. The van der Waals surface area contributed by atoms with Gasteiger partial charge in [-0.1, -0.05) is 36.4 Å². The van der Waals surface area contributed by atoms with Crippen LogP contribution in [-0.4, -0.2) is 21.0 Å². The van der Waals surface area contributed by atoms with Gasteiger partial charge in [0, 0.05) is 16.7 Å². The van der Waals surface area contributed by atoms with Gasteiger partial charge in [0.1, 0.15) is 11.5 Å². The molecular weight excluding hydrogens is 350 g/mol. The standard InChI is InChI=1S/C24H15NO3/c26-16-10-8-14(9-11-16)21-13-20(15-4-3-5-17(27)12-15)22-23(25-21)18-6-1-2-7-19(18)24(22)28/h1-13,26-27H. The van der Waals surface area contributed by atoms with Crippen LogP contribution >= 0.6 is 0 Å². The van der Waals surface area contributed by atoms with Crippen LogP contribution in [0.15, 0.2) is 78.9 Å². The summed E-state index contributed by atoms with van der Waals surface area (Å²) in [5.74, 6) is 0.254. The molecule has 5 rings (SSSR count). The van der Waals surface area contributed by atoms with Crippen molar-refractivity contribution < 1.29 is 15.0 Å². The summed E-state index contributed by atoms with van der Waals surface area (Å²) in [6.07, 6.45) is 0. The summed E-state index contributed by atoms with van der Waals surface area (Å²) < 4.78 is 0. The van der Waals surface area contributed by atoms with Crippen LogP contribution in [0.1, 0.15) is 15.9 Å². The van der Waals surface area contributed by atoms with Crippen LogP contribution in [0.5, 0.6) is 11.5 Å². The van der Waals surface area contributed by atoms with Crippen molar-refractivity contribution in [3.8, 4) is 45.1 Å². The quantitative estimate of drug-likeness (QED) is 0.460. The van der Waals surface area contributed by atoms with Crippen molar-refractivity contribution in [3.63, 3.8) is 0 Å². The van der Waals surface area contributed by atoms with Gasteiger partial charge in [-0.25, -0.2) is 4.98 Å². The highest BCUT2D eigenvalue weighted by Gasteiger charge is 2.31. The van der Waals surface area contributed by atoms with Crippen molar-refractivity contribution in [1.29, 1.82) is 0 Å². The van der Waals surface area contributed by atoms with Gasteiger partial charge in [0.05, 0.1) is 17.0 Å². The Morgan fingerprint density at radius 1 is 0.643 bits per heavy atom. The highest BCUT2D eigenvalue weighted by molar-refractivity contribution is 6.24. The average molecular weight is 365 g/mol. The fourth-order valence-electron chi connectivity index (χ4n) is 3.67. The number of ketones is 1. The van der Waals surface area contributed by atoms with Crippen molar-refractivity contribution in [2.24, 2.45) is 0 Å². The molecule has 4 heteroatoms. The molecule has 0 fully saturated rings. The first kappa shape index (κ1) is 16.3. The molecular formula is C24H15NO3. The zero-order valence-electron chi connectivity index (χ0n) is 14.8. The zero-order valence-corrected chi connectivity index (χ0v) is 14.8. The molecule has 0 amide bonds. The third-order valence-electron chi connectivity index (χ3n) is 4.99. The Bertz CT molecular complexity index is 1240. The zero-order chi connectivity index (χ0) is 19.3. The molecule has 4 aromatic rings. The van der Waals surface area contributed by atoms with E-state index in [1.807, 2.05) is 36.4 Å². The summed E-state index contributed by atoms with van der Waals surface area (Å²) in [5, 5.41) is 19.5. The molecule has 1 aromatic heterocycles. The number of aromatic hydroxyl groups is 2. The Hall–Kier alpha value is -3.92. The lowest BCUT2D eigenvalue weighted by atomic mass is 9.95. The van der Waals surface area contributed by atoms with E-state index in [1.165, 1.54) is 0 Å². The lowest BCUT2D eigenvalue weighted by molar-refractivity contribution is 0.104. The molecule has 0 atom stereocenters. The number of phenols is 2. The molecule has 134 valence electrons. The molecule has 0 saturated heterocycles. The Morgan fingerprint density at radius 3 is 2.14 bits per heavy atom. The maximum atomic E-state index is 13.1. The van der Waals surface area contributed by atoms with Gasteiger partial charge >= 0.3 is 0 Å². The van der Waals surface area contributed by atoms with Crippen LogP contribution < -0.4 is 0 Å². The van der Waals surface area contributed by atoms with Gasteiger partial charge in [-0.3, -0.25) is 4.79 Å². The molecule has 0 unspecified atom stereocenters. The summed E-state index contributed by atoms with van der Waals surface area (Å²) in [6.45, 7) is 0. The third-order valence-corrected chi connectivity index (χ3v) is 4.99. The lowest BCUT2D eigenvalue weighted by Crippen LogP contribution is -2.00. The molecule has 0 saturated carbocycles. The van der Waals surface area contributed by atoms with Crippen molar-refractivity contribution in [1.82, 2.24) is 4.98 Å². The number of phenolic OH excluding ortho intramolecular Hbond substituents is 2. The number of pyridine rings is 1. The van der Waals surface area contributed by atoms with Crippen LogP contribution in [0, 0.1) is 0 Å². The van der Waals surface area contributed by atoms with E-state index in [-0.39, 0.29) is 17.3 Å². The van der Waals surface area contributed by atoms with Crippen LogP contribution in [-0.2, 0) is 0 Å². The predicted molar refractivity (Wildman–Crippen MR) is 107 cm³/mol. The minimum absolute atomic E-state index is 0.0614. The van der Waals surface area contributed by atoms with Crippen LogP contribution in [0.25, 0.3) is 33.6 Å². The van der Waals surface area contributed by atoms with Crippen molar-refractivity contribution >= 4 is 5.78 Å². The normalized spacial score (nSPS) is 11.9. The first-order valence-electron chi connectivity index (χ1n) is 8.90. The third kappa shape index (κ3) is 2.47. The Kier molecular flexibility index (Phi) is 3.52. The van der Waals surface area contributed by atoms with Gasteiger partial charge in [0.15, 0.2) is 5.78 Å². The minimum Gasteiger partial charge on any atom is -0.508 e. The summed E-state index contributed by atoms with van der Waals surface area (Å²) in [4.78, 5) is 17.9. The average Bonchev–Trinajstić information content (AvgIpc) is 3.01.